The van der Waals surface area contributed by atoms with E-state index in [-0.39, 0.29) is 0 Å². The standard InChI is InChI=1S/C12H18O2S/c1-5-12(3,4)15(13,14)11-8-6-10(2)7-9-11/h6-9H,5H2,1-4H3. The molecule has 0 saturated carbocycles. The molecule has 1 aromatic carbocycles. The molecule has 2 nitrogen and oxygen atoms in total. The Morgan fingerprint density at radius 1 is 1.13 bits per heavy atom. The van der Waals surface area contributed by atoms with Crippen molar-refractivity contribution >= 4 is 9.84 Å². The smallest absolute Gasteiger partial charge is 0.183 e. The van der Waals surface area contributed by atoms with Gasteiger partial charge in [-0.25, -0.2) is 8.42 Å². The van der Waals surface area contributed by atoms with Gasteiger partial charge in [-0.2, -0.15) is 0 Å². The highest BCUT2D eigenvalue weighted by Crippen LogP contribution is 2.27. The summed E-state index contributed by atoms with van der Waals surface area (Å²) in [5.41, 5.74) is 1.07. The average Bonchev–Trinajstić information content (AvgIpc) is 2.18. The number of hydrogen-bond donors (Lipinski definition) is 0. The lowest BCUT2D eigenvalue weighted by atomic mass is 10.1. The van der Waals surface area contributed by atoms with E-state index in [1.54, 1.807) is 26.0 Å². The van der Waals surface area contributed by atoms with Gasteiger partial charge in [-0.1, -0.05) is 24.6 Å². The third kappa shape index (κ3) is 2.23. The maximum Gasteiger partial charge on any atom is 0.183 e. The second kappa shape index (κ2) is 3.97. The molecule has 84 valence electrons. The zero-order valence-electron chi connectivity index (χ0n) is 9.74. The molecule has 0 aliphatic heterocycles. The number of aryl methyl sites for hydroxylation is 1. The van der Waals surface area contributed by atoms with Crippen LogP contribution in [0.3, 0.4) is 0 Å². The van der Waals surface area contributed by atoms with Crippen LogP contribution in [0.1, 0.15) is 32.8 Å². The van der Waals surface area contributed by atoms with Gasteiger partial charge in [0.15, 0.2) is 9.84 Å². The number of rotatable bonds is 3. The van der Waals surface area contributed by atoms with Crippen LogP contribution in [0, 0.1) is 6.92 Å². The average molecular weight is 226 g/mol. The van der Waals surface area contributed by atoms with Gasteiger partial charge in [-0.3, -0.25) is 0 Å². The maximum atomic E-state index is 12.2. The lowest BCUT2D eigenvalue weighted by Crippen LogP contribution is -2.30. The van der Waals surface area contributed by atoms with E-state index in [1.165, 1.54) is 0 Å². The summed E-state index contributed by atoms with van der Waals surface area (Å²) >= 11 is 0. The van der Waals surface area contributed by atoms with Crippen molar-refractivity contribution in [1.82, 2.24) is 0 Å². The summed E-state index contributed by atoms with van der Waals surface area (Å²) in [6.45, 7) is 7.37. The third-order valence-electron chi connectivity index (χ3n) is 2.91. The Balaban J connectivity index is 3.24. The molecule has 1 rings (SSSR count). The fraction of sp³-hybridized carbons (Fsp3) is 0.500. The van der Waals surface area contributed by atoms with Crippen LogP contribution in [-0.2, 0) is 9.84 Å². The van der Waals surface area contributed by atoms with Crippen LogP contribution < -0.4 is 0 Å². The zero-order chi connectivity index (χ0) is 11.7. The van der Waals surface area contributed by atoms with Gasteiger partial charge in [0.2, 0.25) is 0 Å². The van der Waals surface area contributed by atoms with E-state index < -0.39 is 14.6 Å². The van der Waals surface area contributed by atoms with Crippen molar-refractivity contribution in [3.63, 3.8) is 0 Å². The minimum absolute atomic E-state index is 0.417. The molecule has 3 heteroatoms. The largest absolute Gasteiger partial charge is 0.223 e. The van der Waals surface area contributed by atoms with Gasteiger partial charge in [-0.15, -0.1) is 0 Å². The van der Waals surface area contributed by atoms with Crippen molar-refractivity contribution in [3.8, 4) is 0 Å². The molecule has 0 amide bonds. The van der Waals surface area contributed by atoms with Gasteiger partial charge in [0.05, 0.1) is 9.64 Å². The quantitative estimate of drug-likeness (QED) is 0.794. The van der Waals surface area contributed by atoms with E-state index in [9.17, 15) is 8.42 Å². The van der Waals surface area contributed by atoms with E-state index in [4.69, 9.17) is 0 Å². The SMILES string of the molecule is CCC(C)(C)S(=O)(=O)c1ccc(C)cc1. The fourth-order valence-corrected chi connectivity index (χ4v) is 2.74. The summed E-state index contributed by atoms with van der Waals surface area (Å²) in [6.07, 6.45) is 0.614. The minimum atomic E-state index is -3.21. The number of hydrogen-bond acceptors (Lipinski definition) is 2. The van der Waals surface area contributed by atoms with Crippen LogP contribution in [0.25, 0.3) is 0 Å². The van der Waals surface area contributed by atoms with E-state index in [0.717, 1.165) is 5.56 Å². The predicted octanol–water partition coefficient (Wildman–Crippen LogP) is 2.96. The fourth-order valence-electron chi connectivity index (χ4n) is 1.23. The molecule has 0 aromatic heterocycles. The van der Waals surface area contributed by atoms with Gasteiger partial charge in [0, 0.05) is 0 Å². The third-order valence-corrected chi connectivity index (χ3v) is 5.55. The summed E-state index contributed by atoms with van der Waals surface area (Å²) in [7, 11) is -3.21. The van der Waals surface area contributed by atoms with E-state index >= 15 is 0 Å². The molecule has 15 heavy (non-hydrogen) atoms. The van der Waals surface area contributed by atoms with Gasteiger partial charge in [0.1, 0.15) is 0 Å². The van der Waals surface area contributed by atoms with Crippen molar-refractivity contribution in [3.05, 3.63) is 29.8 Å². The molecule has 0 radical (unpaired) electrons. The molecular weight excluding hydrogens is 208 g/mol. The van der Waals surface area contributed by atoms with E-state index in [1.807, 2.05) is 26.0 Å². The topological polar surface area (TPSA) is 34.1 Å². The first-order chi connectivity index (χ1) is 6.81. The first kappa shape index (κ1) is 12.2. The Labute approximate surface area is 92.2 Å². The Hall–Kier alpha value is -0.830. The first-order valence-electron chi connectivity index (χ1n) is 5.12. The molecule has 0 aliphatic rings. The van der Waals surface area contributed by atoms with Crippen LogP contribution in [0.2, 0.25) is 0 Å². The predicted molar refractivity (Wildman–Crippen MR) is 62.7 cm³/mol. The van der Waals surface area contributed by atoms with Crippen LogP contribution in [0.5, 0.6) is 0 Å². The monoisotopic (exact) mass is 226 g/mol. The summed E-state index contributed by atoms with van der Waals surface area (Å²) in [4.78, 5) is 0.417. The Bertz CT molecular complexity index is 427. The molecule has 0 saturated heterocycles. The second-order valence-electron chi connectivity index (χ2n) is 4.43. The molecular formula is C12H18O2S. The highest BCUT2D eigenvalue weighted by atomic mass is 32.2. The van der Waals surface area contributed by atoms with Crippen LogP contribution in [0.4, 0.5) is 0 Å². The summed E-state index contributed by atoms with van der Waals surface area (Å²) in [6, 6.07) is 7.03. The summed E-state index contributed by atoms with van der Waals surface area (Å²) in [5, 5.41) is 0. The van der Waals surface area contributed by atoms with E-state index in [2.05, 4.69) is 0 Å². The Morgan fingerprint density at radius 2 is 1.60 bits per heavy atom. The molecule has 0 atom stereocenters. The molecule has 0 bridgehead atoms. The van der Waals surface area contributed by atoms with E-state index in [0.29, 0.717) is 11.3 Å². The first-order valence-corrected chi connectivity index (χ1v) is 6.61. The Morgan fingerprint density at radius 3 is 2.00 bits per heavy atom. The molecule has 0 unspecified atom stereocenters. The molecule has 0 spiro atoms. The maximum absolute atomic E-state index is 12.2. The minimum Gasteiger partial charge on any atom is -0.223 e. The Kier molecular flexibility index (Phi) is 3.24. The molecule has 1 aromatic rings. The lowest BCUT2D eigenvalue weighted by molar-refractivity contribution is 0.538. The van der Waals surface area contributed by atoms with Crippen molar-refractivity contribution in [2.24, 2.45) is 0 Å². The summed E-state index contributed by atoms with van der Waals surface area (Å²) in [5.74, 6) is 0. The highest BCUT2D eigenvalue weighted by molar-refractivity contribution is 7.92. The normalized spacial score (nSPS) is 12.8. The van der Waals surface area contributed by atoms with Crippen LogP contribution in [-0.4, -0.2) is 13.2 Å². The van der Waals surface area contributed by atoms with Gasteiger partial charge < -0.3 is 0 Å². The highest BCUT2D eigenvalue weighted by Gasteiger charge is 2.33. The van der Waals surface area contributed by atoms with Crippen LogP contribution >= 0.6 is 0 Å². The zero-order valence-corrected chi connectivity index (χ0v) is 10.6. The molecule has 0 fully saturated rings. The van der Waals surface area contributed by atoms with Crippen molar-refractivity contribution in [2.75, 3.05) is 0 Å². The van der Waals surface area contributed by atoms with Gasteiger partial charge in [0.25, 0.3) is 0 Å². The lowest BCUT2D eigenvalue weighted by Gasteiger charge is -2.22. The van der Waals surface area contributed by atoms with Crippen molar-refractivity contribution in [1.29, 1.82) is 0 Å². The number of benzene rings is 1. The molecule has 0 aliphatic carbocycles. The van der Waals surface area contributed by atoms with Crippen molar-refractivity contribution < 1.29 is 8.42 Å². The summed E-state index contributed by atoms with van der Waals surface area (Å²) < 4.78 is 23.7. The molecule has 0 N–H and O–H groups in total. The molecule has 0 heterocycles. The second-order valence-corrected chi connectivity index (χ2v) is 7.01. The number of sulfone groups is 1. The van der Waals surface area contributed by atoms with Gasteiger partial charge in [-0.05, 0) is 39.3 Å². The van der Waals surface area contributed by atoms with Crippen molar-refractivity contribution in [2.45, 2.75) is 43.8 Å². The van der Waals surface area contributed by atoms with Gasteiger partial charge >= 0.3 is 0 Å². The van der Waals surface area contributed by atoms with Crippen LogP contribution in [0.15, 0.2) is 29.2 Å².